The van der Waals surface area contributed by atoms with Crippen LogP contribution in [0.1, 0.15) is 42.1 Å². The van der Waals surface area contributed by atoms with Crippen LogP contribution < -0.4 is 0 Å². The SMILES string of the molecule is Cc1ccc(-c2c(C(C)C)nn(-c3ccc(C)c(C)c3)c2O)cc1. The Balaban J connectivity index is 2.21. The van der Waals surface area contributed by atoms with E-state index in [1.54, 1.807) is 4.68 Å². The molecule has 0 saturated carbocycles. The molecule has 3 aromatic rings. The van der Waals surface area contributed by atoms with Gasteiger partial charge in [0.05, 0.1) is 16.9 Å². The molecule has 3 heteroatoms. The summed E-state index contributed by atoms with van der Waals surface area (Å²) in [5, 5.41) is 15.6. The maximum Gasteiger partial charge on any atom is 0.222 e. The molecule has 3 rings (SSSR count). The molecule has 3 nitrogen and oxygen atoms in total. The number of nitrogens with zero attached hydrogens (tertiary/aromatic N) is 2. The van der Waals surface area contributed by atoms with E-state index in [1.807, 2.05) is 18.2 Å². The Morgan fingerprint density at radius 2 is 1.58 bits per heavy atom. The van der Waals surface area contributed by atoms with E-state index in [9.17, 15) is 5.11 Å². The summed E-state index contributed by atoms with van der Waals surface area (Å²) in [5.74, 6) is 0.422. The molecule has 0 amide bonds. The summed E-state index contributed by atoms with van der Waals surface area (Å²) in [6.45, 7) is 10.4. The minimum absolute atomic E-state index is 0.200. The van der Waals surface area contributed by atoms with Gasteiger partial charge in [-0.05, 0) is 55.5 Å². The van der Waals surface area contributed by atoms with Gasteiger partial charge in [-0.3, -0.25) is 0 Å². The maximum atomic E-state index is 10.9. The molecule has 0 spiro atoms. The van der Waals surface area contributed by atoms with Crippen molar-refractivity contribution in [2.24, 2.45) is 0 Å². The van der Waals surface area contributed by atoms with Crippen molar-refractivity contribution in [3.63, 3.8) is 0 Å². The quantitative estimate of drug-likeness (QED) is 0.711. The van der Waals surface area contributed by atoms with Gasteiger partial charge in [-0.2, -0.15) is 5.10 Å². The van der Waals surface area contributed by atoms with E-state index < -0.39 is 0 Å². The summed E-state index contributed by atoms with van der Waals surface area (Å²) in [6, 6.07) is 14.3. The molecule has 0 bridgehead atoms. The molecule has 0 atom stereocenters. The van der Waals surface area contributed by atoms with Crippen molar-refractivity contribution in [1.29, 1.82) is 0 Å². The molecule has 1 N–H and O–H groups in total. The fourth-order valence-corrected chi connectivity index (χ4v) is 2.86. The van der Waals surface area contributed by atoms with Gasteiger partial charge in [-0.25, -0.2) is 4.68 Å². The number of hydrogen-bond acceptors (Lipinski definition) is 2. The molecule has 0 fully saturated rings. The lowest BCUT2D eigenvalue weighted by atomic mass is 9.99. The van der Waals surface area contributed by atoms with Crippen LogP contribution in [0.15, 0.2) is 42.5 Å². The molecule has 1 heterocycles. The molecular weight excluding hydrogens is 296 g/mol. The van der Waals surface area contributed by atoms with E-state index in [0.29, 0.717) is 0 Å². The summed E-state index contributed by atoms with van der Waals surface area (Å²) in [7, 11) is 0. The Bertz CT molecular complexity index is 874. The van der Waals surface area contributed by atoms with Crippen molar-refractivity contribution in [1.82, 2.24) is 9.78 Å². The van der Waals surface area contributed by atoms with Crippen LogP contribution in [0.4, 0.5) is 0 Å². The molecule has 0 radical (unpaired) electrons. The van der Waals surface area contributed by atoms with Gasteiger partial charge in [-0.1, -0.05) is 49.7 Å². The van der Waals surface area contributed by atoms with Crippen LogP contribution >= 0.6 is 0 Å². The second kappa shape index (κ2) is 6.16. The zero-order valence-electron chi connectivity index (χ0n) is 15.0. The Hall–Kier alpha value is -2.55. The van der Waals surface area contributed by atoms with Crippen molar-refractivity contribution in [2.45, 2.75) is 40.5 Å². The second-order valence-electron chi connectivity index (χ2n) is 6.78. The zero-order chi connectivity index (χ0) is 17.4. The Morgan fingerprint density at radius 1 is 0.917 bits per heavy atom. The molecule has 24 heavy (non-hydrogen) atoms. The van der Waals surface area contributed by atoms with Crippen LogP contribution in [0.2, 0.25) is 0 Å². The summed E-state index contributed by atoms with van der Waals surface area (Å²) in [5.41, 5.74) is 7.23. The third-order valence-electron chi connectivity index (χ3n) is 4.51. The number of aryl methyl sites for hydroxylation is 3. The molecule has 124 valence electrons. The third-order valence-corrected chi connectivity index (χ3v) is 4.51. The van der Waals surface area contributed by atoms with Gasteiger partial charge in [0, 0.05) is 0 Å². The standard InChI is InChI=1S/C21H24N2O/c1-13(2)20-19(17-9-6-14(3)7-10-17)21(24)23(22-20)18-11-8-15(4)16(5)12-18/h6-13,24H,1-5H3. The lowest BCUT2D eigenvalue weighted by Gasteiger charge is -2.07. The number of rotatable bonds is 3. The topological polar surface area (TPSA) is 38.0 Å². The average Bonchev–Trinajstić information content (AvgIpc) is 2.89. The van der Waals surface area contributed by atoms with E-state index in [4.69, 9.17) is 5.10 Å². The smallest absolute Gasteiger partial charge is 0.222 e. The van der Waals surface area contributed by atoms with Crippen LogP contribution in [0.3, 0.4) is 0 Å². The van der Waals surface area contributed by atoms with E-state index >= 15 is 0 Å². The predicted molar refractivity (Wildman–Crippen MR) is 99.0 cm³/mol. The first kappa shape index (κ1) is 16.3. The van der Waals surface area contributed by atoms with E-state index in [2.05, 4.69) is 58.9 Å². The van der Waals surface area contributed by atoms with Crippen molar-refractivity contribution in [3.8, 4) is 22.7 Å². The number of benzene rings is 2. The first-order valence-electron chi connectivity index (χ1n) is 8.35. The van der Waals surface area contributed by atoms with Crippen LogP contribution in [0.25, 0.3) is 16.8 Å². The van der Waals surface area contributed by atoms with Crippen LogP contribution in [-0.2, 0) is 0 Å². The van der Waals surface area contributed by atoms with Crippen molar-refractivity contribution >= 4 is 0 Å². The van der Waals surface area contributed by atoms with Crippen LogP contribution in [-0.4, -0.2) is 14.9 Å². The maximum absolute atomic E-state index is 10.9. The molecule has 0 aliphatic carbocycles. The Labute approximate surface area is 143 Å². The Morgan fingerprint density at radius 3 is 2.17 bits per heavy atom. The van der Waals surface area contributed by atoms with Gasteiger partial charge in [0.25, 0.3) is 0 Å². The molecule has 0 aliphatic heterocycles. The summed E-state index contributed by atoms with van der Waals surface area (Å²) < 4.78 is 1.65. The molecular formula is C21H24N2O. The average molecular weight is 320 g/mol. The summed E-state index contributed by atoms with van der Waals surface area (Å²) >= 11 is 0. The normalized spacial score (nSPS) is 11.2. The largest absolute Gasteiger partial charge is 0.493 e. The highest BCUT2D eigenvalue weighted by atomic mass is 16.3. The number of aromatic nitrogens is 2. The molecule has 0 aliphatic rings. The minimum atomic E-state index is 0.200. The van der Waals surface area contributed by atoms with Crippen molar-refractivity contribution < 1.29 is 5.11 Å². The Kier molecular flexibility index (Phi) is 4.18. The minimum Gasteiger partial charge on any atom is -0.493 e. The van der Waals surface area contributed by atoms with Gasteiger partial charge in [-0.15, -0.1) is 0 Å². The van der Waals surface area contributed by atoms with Crippen molar-refractivity contribution in [3.05, 3.63) is 64.8 Å². The monoisotopic (exact) mass is 320 g/mol. The second-order valence-corrected chi connectivity index (χ2v) is 6.78. The lowest BCUT2D eigenvalue weighted by Crippen LogP contribution is -1.99. The van der Waals surface area contributed by atoms with Crippen LogP contribution in [0.5, 0.6) is 5.88 Å². The number of aromatic hydroxyl groups is 1. The summed E-state index contributed by atoms with van der Waals surface area (Å²) in [6.07, 6.45) is 0. The first-order chi connectivity index (χ1) is 11.4. The van der Waals surface area contributed by atoms with E-state index in [0.717, 1.165) is 22.5 Å². The van der Waals surface area contributed by atoms with Gasteiger partial charge < -0.3 is 5.11 Å². The highest BCUT2D eigenvalue weighted by Gasteiger charge is 2.22. The van der Waals surface area contributed by atoms with Crippen molar-refractivity contribution in [2.75, 3.05) is 0 Å². The van der Waals surface area contributed by atoms with Gasteiger partial charge >= 0.3 is 0 Å². The zero-order valence-corrected chi connectivity index (χ0v) is 15.0. The first-order valence-corrected chi connectivity index (χ1v) is 8.35. The molecule has 0 saturated heterocycles. The van der Waals surface area contributed by atoms with Gasteiger partial charge in [0.1, 0.15) is 0 Å². The predicted octanol–water partition coefficient (Wildman–Crippen LogP) is 5.29. The van der Waals surface area contributed by atoms with Gasteiger partial charge in [0.15, 0.2) is 0 Å². The molecule has 1 aromatic heterocycles. The third kappa shape index (κ3) is 2.82. The highest BCUT2D eigenvalue weighted by molar-refractivity contribution is 5.73. The van der Waals surface area contributed by atoms with Crippen LogP contribution in [0, 0.1) is 20.8 Å². The fourth-order valence-electron chi connectivity index (χ4n) is 2.86. The highest BCUT2D eigenvalue weighted by Crippen LogP contribution is 2.38. The van der Waals surface area contributed by atoms with Gasteiger partial charge in [0.2, 0.25) is 5.88 Å². The van der Waals surface area contributed by atoms with E-state index in [1.165, 1.54) is 16.7 Å². The lowest BCUT2D eigenvalue weighted by molar-refractivity contribution is 0.435. The number of hydrogen-bond donors (Lipinski definition) is 1. The molecule has 2 aromatic carbocycles. The molecule has 0 unspecified atom stereocenters. The van der Waals surface area contributed by atoms with E-state index in [-0.39, 0.29) is 11.8 Å². The fraction of sp³-hybridized carbons (Fsp3) is 0.286. The summed E-state index contributed by atoms with van der Waals surface area (Å²) in [4.78, 5) is 0.